The lowest BCUT2D eigenvalue weighted by Gasteiger charge is -2.19. The van der Waals surface area contributed by atoms with E-state index < -0.39 is 23.1 Å². The van der Waals surface area contributed by atoms with Crippen molar-refractivity contribution in [3.8, 4) is 5.88 Å². The Morgan fingerprint density at radius 2 is 2.00 bits per heavy atom. The minimum absolute atomic E-state index is 0.0338. The van der Waals surface area contributed by atoms with Crippen molar-refractivity contribution in [3.63, 3.8) is 0 Å². The molecule has 1 heterocycles. The molecule has 0 aliphatic heterocycles. The van der Waals surface area contributed by atoms with Gasteiger partial charge in [0.25, 0.3) is 11.5 Å². The predicted molar refractivity (Wildman–Crippen MR) is 120 cm³/mol. The fourth-order valence-electron chi connectivity index (χ4n) is 2.68. The number of amides is 1. The van der Waals surface area contributed by atoms with Gasteiger partial charge in [0.05, 0.1) is 0 Å². The first-order chi connectivity index (χ1) is 14.9. The van der Waals surface area contributed by atoms with Crippen molar-refractivity contribution in [2.24, 2.45) is 0 Å². The molecule has 1 aromatic carbocycles. The molecule has 0 radical (unpaired) electrons. The molecule has 176 valence electrons. The fourth-order valence-corrected chi connectivity index (χ4v) is 3.08. The van der Waals surface area contributed by atoms with E-state index in [0.717, 1.165) is 12.1 Å². The minimum atomic E-state index is -1.46. The Bertz CT molecular complexity index is 1020. The van der Waals surface area contributed by atoms with Gasteiger partial charge in [0.15, 0.2) is 0 Å². The molecule has 0 aliphatic rings. The maximum absolute atomic E-state index is 13.9. The number of anilines is 1. The van der Waals surface area contributed by atoms with Crippen LogP contribution in [0.1, 0.15) is 45.7 Å². The Labute approximate surface area is 193 Å². The van der Waals surface area contributed by atoms with E-state index in [9.17, 15) is 23.5 Å². The molecule has 2 rings (SSSR count). The number of benzene rings is 1. The zero-order chi connectivity index (χ0) is 24.1. The summed E-state index contributed by atoms with van der Waals surface area (Å²) < 4.78 is 34.0. The molecule has 32 heavy (non-hydrogen) atoms. The molecule has 0 saturated carbocycles. The average Bonchev–Trinajstić information content (AvgIpc) is 2.69. The van der Waals surface area contributed by atoms with Crippen LogP contribution in [0.25, 0.3) is 0 Å². The topological polar surface area (TPSA) is 105 Å². The number of carbonyl (C=O) groups is 1. The highest BCUT2D eigenvalue weighted by Crippen LogP contribution is 2.24. The third kappa shape index (κ3) is 6.73. The number of nitrogens with zero attached hydrogens (tertiary/aromatic N) is 2. The summed E-state index contributed by atoms with van der Waals surface area (Å²) in [6.45, 7) is 6.87. The maximum Gasteiger partial charge on any atom is 0.273 e. The van der Waals surface area contributed by atoms with Gasteiger partial charge >= 0.3 is 0 Å². The molecule has 1 aromatic heterocycles. The van der Waals surface area contributed by atoms with E-state index in [1.54, 1.807) is 0 Å². The molecular formula is C21H27BrF2N4O4. The van der Waals surface area contributed by atoms with E-state index in [1.807, 2.05) is 13.8 Å². The van der Waals surface area contributed by atoms with Crippen LogP contribution in [0.2, 0.25) is 0 Å². The van der Waals surface area contributed by atoms with Gasteiger partial charge in [0, 0.05) is 30.8 Å². The van der Waals surface area contributed by atoms with Crippen molar-refractivity contribution in [2.45, 2.75) is 52.4 Å². The van der Waals surface area contributed by atoms with Crippen molar-refractivity contribution in [1.82, 2.24) is 14.9 Å². The highest BCUT2D eigenvalue weighted by atomic mass is 79.9. The normalized spacial score (nSPS) is 11.5. The summed E-state index contributed by atoms with van der Waals surface area (Å²) in [6.07, 6.45) is 0.503. The lowest BCUT2D eigenvalue weighted by atomic mass is 10.1. The van der Waals surface area contributed by atoms with Crippen molar-refractivity contribution in [2.75, 3.05) is 18.4 Å². The van der Waals surface area contributed by atoms with Crippen LogP contribution in [0.4, 0.5) is 14.7 Å². The number of halogens is 3. The third-order valence-electron chi connectivity index (χ3n) is 4.40. The van der Waals surface area contributed by atoms with Crippen molar-refractivity contribution < 1.29 is 23.4 Å². The van der Waals surface area contributed by atoms with Crippen LogP contribution in [0, 0.1) is 11.6 Å². The van der Waals surface area contributed by atoms with Gasteiger partial charge in [-0.15, -0.1) is 0 Å². The van der Waals surface area contributed by atoms with Gasteiger partial charge in [-0.1, -0.05) is 0 Å². The van der Waals surface area contributed by atoms with Gasteiger partial charge in [-0.2, -0.15) is 4.98 Å². The Morgan fingerprint density at radius 1 is 1.31 bits per heavy atom. The number of hydrogen-bond acceptors (Lipinski definition) is 6. The molecule has 2 aromatic rings. The van der Waals surface area contributed by atoms with Crippen LogP contribution in [0.3, 0.4) is 0 Å². The quantitative estimate of drug-likeness (QED) is 0.419. The van der Waals surface area contributed by atoms with Crippen LogP contribution in [-0.2, 0) is 11.4 Å². The highest BCUT2D eigenvalue weighted by molar-refractivity contribution is 9.10. The SMILES string of the molecule is CC(C)n1c(NCCCNC(=O)C(C)(C)O)nc(OCc2ccc(F)cc2F)c(Br)c1=O. The molecule has 0 bridgehead atoms. The van der Waals surface area contributed by atoms with Crippen LogP contribution >= 0.6 is 15.9 Å². The second-order valence-corrected chi connectivity index (χ2v) is 8.74. The summed E-state index contributed by atoms with van der Waals surface area (Å²) in [5.41, 5.74) is -1.73. The number of aromatic nitrogens is 2. The summed E-state index contributed by atoms with van der Waals surface area (Å²) in [6, 6.07) is 2.91. The Kier molecular flexibility index (Phi) is 8.73. The Hall–Kier alpha value is -2.53. The monoisotopic (exact) mass is 516 g/mol. The summed E-state index contributed by atoms with van der Waals surface area (Å²) in [4.78, 5) is 28.8. The van der Waals surface area contributed by atoms with Gasteiger partial charge in [0.2, 0.25) is 11.8 Å². The number of rotatable bonds is 10. The molecule has 0 fully saturated rings. The summed E-state index contributed by atoms with van der Waals surface area (Å²) in [5.74, 6) is -1.73. The van der Waals surface area contributed by atoms with Gasteiger partial charge in [-0.05, 0) is 62.2 Å². The zero-order valence-electron chi connectivity index (χ0n) is 18.3. The maximum atomic E-state index is 13.9. The van der Waals surface area contributed by atoms with Crippen LogP contribution in [-0.4, -0.2) is 39.3 Å². The lowest BCUT2D eigenvalue weighted by Crippen LogP contribution is -2.42. The first kappa shape index (κ1) is 25.7. The van der Waals surface area contributed by atoms with E-state index in [1.165, 1.54) is 24.5 Å². The second kappa shape index (κ2) is 10.9. The van der Waals surface area contributed by atoms with E-state index >= 15 is 0 Å². The first-order valence-corrected chi connectivity index (χ1v) is 10.8. The van der Waals surface area contributed by atoms with E-state index in [2.05, 4.69) is 31.5 Å². The molecule has 8 nitrogen and oxygen atoms in total. The number of nitrogens with one attached hydrogen (secondary N) is 2. The number of hydrogen-bond donors (Lipinski definition) is 3. The van der Waals surface area contributed by atoms with Crippen molar-refractivity contribution in [3.05, 3.63) is 50.2 Å². The molecule has 0 aliphatic carbocycles. The molecule has 1 amide bonds. The van der Waals surface area contributed by atoms with Crippen molar-refractivity contribution in [1.29, 1.82) is 0 Å². The molecule has 3 N–H and O–H groups in total. The largest absolute Gasteiger partial charge is 0.472 e. The first-order valence-electron chi connectivity index (χ1n) is 10.0. The molecule has 0 unspecified atom stereocenters. The van der Waals surface area contributed by atoms with Gasteiger partial charge in [0.1, 0.15) is 28.3 Å². The molecule has 0 atom stereocenters. The van der Waals surface area contributed by atoms with Crippen LogP contribution in [0.5, 0.6) is 5.88 Å². The lowest BCUT2D eigenvalue weighted by molar-refractivity contribution is -0.136. The van der Waals surface area contributed by atoms with Gasteiger partial charge < -0.3 is 20.5 Å². The molecule has 0 spiro atoms. The Morgan fingerprint density at radius 3 is 2.59 bits per heavy atom. The van der Waals surface area contributed by atoms with Crippen LogP contribution < -0.4 is 20.9 Å². The summed E-state index contributed by atoms with van der Waals surface area (Å²) in [5, 5.41) is 15.3. The highest BCUT2D eigenvalue weighted by Gasteiger charge is 2.23. The van der Waals surface area contributed by atoms with E-state index in [4.69, 9.17) is 4.74 Å². The molecule has 0 saturated heterocycles. The number of aliphatic hydroxyl groups is 1. The standard InChI is InChI=1S/C21H27BrF2N4O4/c1-12(2)28-18(29)16(22)17(32-11-13-6-7-14(23)10-15(13)24)27-20(28)26-9-5-8-25-19(30)21(3,4)31/h6-7,10,12,31H,5,8-9,11H2,1-4H3,(H,25,30)(H,26,27). The zero-order valence-corrected chi connectivity index (χ0v) is 19.9. The van der Waals surface area contributed by atoms with Crippen molar-refractivity contribution >= 4 is 27.8 Å². The van der Waals surface area contributed by atoms with E-state index in [-0.39, 0.29) is 40.1 Å². The number of ether oxygens (including phenoxy) is 1. The summed E-state index contributed by atoms with van der Waals surface area (Å²) >= 11 is 3.19. The Balaban J connectivity index is 2.12. The molecular weight excluding hydrogens is 490 g/mol. The molecule has 11 heteroatoms. The van der Waals surface area contributed by atoms with E-state index in [0.29, 0.717) is 19.5 Å². The summed E-state index contributed by atoms with van der Waals surface area (Å²) in [7, 11) is 0. The third-order valence-corrected chi connectivity index (χ3v) is 5.08. The minimum Gasteiger partial charge on any atom is -0.472 e. The fraction of sp³-hybridized carbons (Fsp3) is 0.476. The van der Waals surface area contributed by atoms with Crippen LogP contribution in [0.15, 0.2) is 27.5 Å². The predicted octanol–water partition coefficient (Wildman–Crippen LogP) is 3.13. The number of carbonyl (C=O) groups excluding carboxylic acids is 1. The smallest absolute Gasteiger partial charge is 0.273 e. The van der Waals surface area contributed by atoms with Gasteiger partial charge in [-0.3, -0.25) is 14.2 Å². The van der Waals surface area contributed by atoms with Gasteiger partial charge in [-0.25, -0.2) is 8.78 Å². The average molecular weight is 517 g/mol. The second-order valence-electron chi connectivity index (χ2n) is 7.94.